The van der Waals surface area contributed by atoms with Crippen LogP contribution >= 0.6 is 0 Å². The molecule has 1 fully saturated rings. The molecule has 0 unspecified atom stereocenters. The van der Waals surface area contributed by atoms with Crippen molar-refractivity contribution in [2.45, 2.75) is 52.1 Å². The molecule has 0 aliphatic carbocycles. The summed E-state index contributed by atoms with van der Waals surface area (Å²) < 4.78 is 3.48. The zero-order chi connectivity index (χ0) is 20.9. The van der Waals surface area contributed by atoms with Crippen molar-refractivity contribution >= 4 is 28.4 Å². The molecule has 7 heteroatoms. The Labute approximate surface area is 176 Å². The van der Waals surface area contributed by atoms with E-state index in [0.717, 1.165) is 36.4 Å². The summed E-state index contributed by atoms with van der Waals surface area (Å²) in [4.78, 5) is 32.1. The predicted octanol–water partition coefficient (Wildman–Crippen LogP) is 3.63. The lowest BCUT2D eigenvalue weighted by Gasteiger charge is -2.27. The molecule has 1 saturated heterocycles. The van der Waals surface area contributed by atoms with Gasteiger partial charge in [0.25, 0.3) is 0 Å². The summed E-state index contributed by atoms with van der Waals surface area (Å²) in [6, 6.07) is 11.6. The summed E-state index contributed by atoms with van der Waals surface area (Å²) in [5.41, 5.74) is 2.42. The van der Waals surface area contributed by atoms with Crippen molar-refractivity contribution < 1.29 is 4.79 Å². The normalized spacial score (nSPS) is 14.2. The molecule has 158 valence electrons. The first kappa shape index (κ1) is 20.2. The number of carbonyl (C=O) groups is 1. The Morgan fingerprint density at radius 3 is 2.33 bits per heavy atom. The van der Waals surface area contributed by atoms with Crippen molar-refractivity contribution in [3.63, 3.8) is 0 Å². The van der Waals surface area contributed by atoms with E-state index in [1.165, 1.54) is 19.3 Å². The van der Waals surface area contributed by atoms with Gasteiger partial charge in [0.15, 0.2) is 0 Å². The monoisotopic (exact) mass is 407 g/mol. The molecule has 1 aromatic carbocycles. The molecule has 0 saturated carbocycles. The van der Waals surface area contributed by atoms with Crippen LogP contribution in [0.5, 0.6) is 0 Å². The van der Waals surface area contributed by atoms with Gasteiger partial charge in [-0.25, -0.2) is 9.78 Å². The molecule has 1 aliphatic rings. The van der Waals surface area contributed by atoms with Gasteiger partial charge < -0.3 is 10.2 Å². The third-order valence-corrected chi connectivity index (χ3v) is 5.65. The Bertz CT molecular complexity index is 1060. The predicted molar refractivity (Wildman–Crippen MR) is 120 cm³/mol. The number of pyridine rings is 1. The van der Waals surface area contributed by atoms with Gasteiger partial charge in [0.1, 0.15) is 5.82 Å². The number of anilines is 2. The number of amides is 1. The van der Waals surface area contributed by atoms with E-state index in [2.05, 4.69) is 22.1 Å². The highest BCUT2D eigenvalue weighted by molar-refractivity contribution is 5.90. The Morgan fingerprint density at radius 2 is 1.70 bits per heavy atom. The average molecular weight is 408 g/mol. The molecule has 4 rings (SSSR count). The minimum atomic E-state index is -0.123. The van der Waals surface area contributed by atoms with Gasteiger partial charge in [0, 0.05) is 32.6 Å². The number of piperidine rings is 1. The fourth-order valence-electron chi connectivity index (χ4n) is 4.14. The van der Waals surface area contributed by atoms with Crippen LogP contribution in [0.3, 0.4) is 0 Å². The summed E-state index contributed by atoms with van der Waals surface area (Å²) in [6.07, 6.45) is 6.51. The minimum Gasteiger partial charge on any atom is -0.357 e. The summed E-state index contributed by atoms with van der Waals surface area (Å²) in [5.74, 6) is 0.838. The molecular weight excluding hydrogens is 378 g/mol. The quantitative estimate of drug-likeness (QED) is 0.649. The largest absolute Gasteiger partial charge is 0.357 e. The maximum Gasteiger partial charge on any atom is 0.329 e. The van der Waals surface area contributed by atoms with Crippen LogP contribution in [-0.4, -0.2) is 33.1 Å². The highest BCUT2D eigenvalue weighted by Gasteiger charge is 2.14. The van der Waals surface area contributed by atoms with Crippen molar-refractivity contribution in [1.29, 1.82) is 0 Å². The van der Waals surface area contributed by atoms with Crippen LogP contribution in [0.1, 0.15) is 39.0 Å². The van der Waals surface area contributed by atoms with Crippen molar-refractivity contribution in [2.75, 3.05) is 23.3 Å². The number of hydrogen-bond acceptors (Lipinski definition) is 4. The molecule has 2 aromatic heterocycles. The number of nitrogens with one attached hydrogen (secondary N) is 1. The first-order valence-electron chi connectivity index (χ1n) is 10.9. The van der Waals surface area contributed by atoms with Crippen LogP contribution in [0.25, 0.3) is 11.0 Å². The van der Waals surface area contributed by atoms with Crippen molar-refractivity contribution in [1.82, 2.24) is 14.1 Å². The van der Waals surface area contributed by atoms with Crippen LogP contribution in [0.4, 0.5) is 11.5 Å². The Morgan fingerprint density at radius 1 is 1.00 bits per heavy atom. The first-order valence-corrected chi connectivity index (χ1v) is 10.9. The van der Waals surface area contributed by atoms with E-state index >= 15 is 0 Å². The number of imidazole rings is 1. The third kappa shape index (κ3) is 4.25. The fourth-order valence-corrected chi connectivity index (χ4v) is 4.14. The molecular formula is C23H29N5O2. The summed E-state index contributed by atoms with van der Waals surface area (Å²) >= 11 is 0. The van der Waals surface area contributed by atoms with Gasteiger partial charge in [0.2, 0.25) is 5.91 Å². The zero-order valence-electron chi connectivity index (χ0n) is 17.5. The molecule has 0 bridgehead atoms. The number of benzene rings is 1. The number of carbonyl (C=O) groups excluding carboxylic acids is 1. The molecule has 7 nitrogen and oxygen atoms in total. The van der Waals surface area contributed by atoms with Gasteiger partial charge in [-0.3, -0.25) is 13.9 Å². The molecule has 3 aromatic rings. The summed E-state index contributed by atoms with van der Waals surface area (Å²) in [5, 5.41) is 2.90. The number of fused-ring (bicyclic) bond motifs is 1. The van der Waals surface area contributed by atoms with Gasteiger partial charge in [-0.05, 0) is 49.9 Å². The smallest absolute Gasteiger partial charge is 0.329 e. The van der Waals surface area contributed by atoms with Gasteiger partial charge in [-0.15, -0.1) is 0 Å². The number of para-hydroxylation sites is 2. The standard InChI is InChI=1S/C23H29N5O2/c1-2-13-27-19-8-4-5-9-20(19)28(23(27)30)16-12-22(29)25-18-10-11-21(24-17-18)26-14-6-3-7-15-26/h4-5,8-11,17H,2-3,6-7,12-16H2,1H3,(H,25,29). The van der Waals surface area contributed by atoms with E-state index in [-0.39, 0.29) is 18.0 Å². The second-order valence-electron chi connectivity index (χ2n) is 7.83. The van der Waals surface area contributed by atoms with Gasteiger partial charge in [-0.2, -0.15) is 0 Å². The topological polar surface area (TPSA) is 72.2 Å². The minimum absolute atomic E-state index is 0.0570. The maximum atomic E-state index is 12.8. The number of hydrogen-bond donors (Lipinski definition) is 1. The first-order chi connectivity index (χ1) is 14.7. The lowest BCUT2D eigenvalue weighted by Crippen LogP contribution is -2.30. The second kappa shape index (κ2) is 9.15. The van der Waals surface area contributed by atoms with Crippen molar-refractivity contribution in [3.05, 3.63) is 53.1 Å². The highest BCUT2D eigenvalue weighted by Crippen LogP contribution is 2.19. The number of rotatable bonds is 7. The molecule has 1 amide bonds. The molecule has 0 spiro atoms. The summed E-state index contributed by atoms with van der Waals surface area (Å²) in [7, 11) is 0. The van der Waals surface area contributed by atoms with Crippen molar-refractivity contribution in [3.8, 4) is 0 Å². The molecule has 0 radical (unpaired) electrons. The van der Waals surface area contributed by atoms with Gasteiger partial charge in [-0.1, -0.05) is 19.1 Å². The van der Waals surface area contributed by atoms with E-state index in [1.54, 1.807) is 15.3 Å². The van der Waals surface area contributed by atoms with Gasteiger partial charge in [0.05, 0.1) is 22.9 Å². The molecule has 1 N–H and O–H groups in total. The average Bonchev–Trinajstić information content (AvgIpc) is 3.05. The van der Waals surface area contributed by atoms with E-state index in [4.69, 9.17) is 0 Å². The molecule has 3 heterocycles. The van der Waals surface area contributed by atoms with E-state index in [0.29, 0.717) is 18.8 Å². The Balaban J connectivity index is 1.40. The number of nitrogens with zero attached hydrogens (tertiary/aromatic N) is 4. The SMILES string of the molecule is CCCn1c(=O)n(CCC(=O)Nc2ccc(N3CCCCC3)nc2)c2ccccc21. The Hall–Kier alpha value is -3.09. The zero-order valence-corrected chi connectivity index (χ0v) is 17.5. The maximum absolute atomic E-state index is 12.8. The van der Waals surface area contributed by atoms with E-state index < -0.39 is 0 Å². The van der Waals surface area contributed by atoms with E-state index in [1.807, 2.05) is 36.4 Å². The van der Waals surface area contributed by atoms with E-state index in [9.17, 15) is 9.59 Å². The molecule has 1 aliphatic heterocycles. The lowest BCUT2D eigenvalue weighted by atomic mass is 10.1. The lowest BCUT2D eigenvalue weighted by molar-refractivity contribution is -0.116. The van der Waals surface area contributed by atoms with Crippen LogP contribution in [0.2, 0.25) is 0 Å². The molecule has 30 heavy (non-hydrogen) atoms. The van der Waals surface area contributed by atoms with Crippen LogP contribution in [-0.2, 0) is 17.9 Å². The van der Waals surface area contributed by atoms with Crippen LogP contribution in [0, 0.1) is 0 Å². The Kier molecular flexibility index (Phi) is 6.16. The van der Waals surface area contributed by atoms with Gasteiger partial charge >= 0.3 is 5.69 Å². The van der Waals surface area contributed by atoms with Crippen LogP contribution < -0.4 is 15.9 Å². The number of aryl methyl sites for hydroxylation is 2. The summed E-state index contributed by atoms with van der Waals surface area (Å²) in [6.45, 7) is 5.16. The van der Waals surface area contributed by atoms with Crippen LogP contribution in [0.15, 0.2) is 47.4 Å². The molecule has 0 atom stereocenters. The van der Waals surface area contributed by atoms with Crippen molar-refractivity contribution in [2.24, 2.45) is 0 Å². The second-order valence-corrected chi connectivity index (χ2v) is 7.83. The third-order valence-electron chi connectivity index (χ3n) is 5.65. The fraction of sp³-hybridized carbons (Fsp3) is 0.435. The number of aromatic nitrogens is 3. The highest BCUT2D eigenvalue weighted by atomic mass is 16.2.